The molecule has 0 fully saturated rings. The van der Waals surface area contributed by atoms with Crippen LogP contribution in [-0.2, 0) is 17.8 Å². The molecule has 2 rings (SSSR count). The summed E-state index contributed by atoms with van der Waals surface area (Å²) in [5.74, 6) is -1.43. The van der Waals surface area contributed by atoms with Gasteiger partial charge < -0.3 is 10.4 Å². The molecule has 2 N–H and O–H groups in total. The quantitative estimate of drug-likeness (QED) is 0.746. The third-order valence-corrected chi connectivity index (χ3v) is 3.45. The van der Waals surface area contributed by atoms with Gasteiger partial charge >= 0.3 is 5.97 Å². The Labute approximate surface area is 134 Å². The molecule has 0 aliphatic heterocycles. The highest BCUT2D eigenvalue weighted by Gasteiger charge is 2.18. The number of carboxylic acid groups (broad SMARTS) is 1. The molecule has 0 radical (unpaired) electrons. The first-order chi connectivity index (χ1) is 10.0. The average Bonchev–Trinajstić information content (AvgIpc) is 2.81. The summed E-state index contributed by atoms with van der Waals surface area (Å²) in [5.41, 5.74) is 1.00. The van der Waals surface area contributed by atoms with Crippen LogP contribution in [0.5, 0.6) is 0 Å². The summed E-state index contributed by atoms with van der Waals surface area (Å²) < 4.78 is 2.32. The number of carbonyl (C=O) groups is 2. The van der Waals surface area contributed by atoms with Gasteiger partial charge in [0.15, 0.2) is 5.69 Å². The highest BCUT2D eigenvalue weighted by Crippen LogP contribution is 2.13. The molecular weight excluding hydrogens is 387 g/mol. The molecule has 1 aromatic carbocycles. The monoisotopic (exact) mass is 400 g/mol. The fourth-order valence-corrected chi connectivity index (χ4v) is 2.42. The molecule has 1 heterocycles. The summed E-state index contributed by atoms with van der Waals surface area (Å²) in [6.07, 6.45) is 0.436. The third kappa shape index (κ3) is 3.78. The van der Waals surface area contributed by atoms with Crippen molar-refractivity contribution in [3.05, 3.63) is 39.2 Å². The Morgan fingerprint density at radius 1 is 1.43 bits per heavy atom. The molecular formula is C13H13IN4O3. The van der Waals surface area contributed by atoms with Gasteiger partial charge in [-0.2, -0.15) is 0 Å². The number of carbonyl (C=O) groups excluding carboxylic acids is 1. The predicted molar refractivity (Wildman–Crippen MR) is 84.1 cm³/mol. The second-order valence-corrected chi connectivity index (χ2v) is 5.51. The minimum Gasteiger partial charge on any atom is -0.476 e. The van der Waals surface area contributed by atoms with Crippen LogP contribution < -0.4 is 5.32 Å². The lowest BCUT2D eigenvalue weighted by Crippen LogP contribution is -2.21. The number of hydrogen-bond donors (Lipinski definition) is 2. The Bertz CT molecular complexity index is 684. The Morgan fingerprint density at radius 2 is 2.19 bits per heavy atom. The predicted octanol–water partition coefficient (Wildman–Crippen LogP) is 1.78. The second kappa shape index (κ2) is 6.66. The maximum absolute atomic E-state index is 12.0. The van der Waals surface area contributed by atoms with Crippen LogP contribution in [0.1, 0.15) is 23.1 Å². The Morgan fingerprint density at radius 3 is 2.81 bits per heavy atom. The first-order valence-electron chi connectivity index (χ1n) is 6.22. The lowest BCUT2D eigenvalue weighted by molar-refractivity contribution is -0.117. The molecule has 1 aromatic heterocycles. The summed E-state index contributed by atoms with van der Waals surface area (Å²) in [5, 5.41) is 19.1. The smallest absolute Gasteiger partial charge is 0.358 e. The molecule has 2 aromatic rings. The van der Waals surface area contributed by atoms with Crippen molar-refractivity contribution in [3.8, 4) is 0 Å². The summed E-state index contributed by atoms with van der Waals surface area (Å²) in [4.78, 5) is 23.0. The fourth-order valence-electron chi connectivity index (χ4n) is 1.88. The molecule has 7 nitrogen and oxygen atoms in total. The summed E-state index contributed by atoms with van der Waals surface area (Å²) in [6.45, 7) is 1.72. The number of aromatic carboxylic acids is 1. The molecule has 1 amide bonds. The molecule has 0 bridgehead atoms. The summed E-state index contributed by atoms with van der Waals surface area (Å²) in [6, 6.07) is 7.38. The number of hydrogen-bond acceptors (Lipinski definition) is 4. The minimum atomic E-state index is -1.14. The van der Waals surface area contributed by atoms with E-state index in [0.29, 0.717) is 17.8 Å². The molecule has 0 atom stereocenters. The lowest BCUT2D eigenvalue weighted by atomic mass is 10.2. The van der Waals surface area contributed by atoms with Crippen LogP contribution in [0.4, 0.5) is 5.69 Å². The van der Waals surface area contributed by atoms with E-state index in [-0.39, 0.29) is 18.1 Å². The van der Waals surface area contributed by atoms with Crippen molar-refractivity contribution in [3.63, 3.8) is 0 Å². The maximum Gasteiger partial charge on any atom is 0.358 e. The number of rotatable bonds is 5. The number of amides is 1. The zero-order chi connectivity index (χ0) is 15.4. The normalized spacial score (nSPS) is 10.4. The van der Waals surface area contributed by atoms with Crippen molar-refractivity contribution in [1.82, 2.24) is 15.0 Å². The zero-order valence-electron chi connectivity index (χ0n) is 11.2. The number of nitrogens with zero attached hydrogens (tertiary/aromatic N) is 3. The first kappa shape index (κ1) is 15.4. The molecule has 110 valence electrons. The Kier molecular flexibility index (Phi) is 4.89. The van der Waals surface area contributed by atoms with Gasteiger partial charge in [0.2, 0.25) is 5.91 Å². The van der Waals surface area contributed by atoms with Crippen LogP contribution in [0, 0.1) is 3.57 Å². The standard InChI is InChI=1S/C13H13IN4O3/c1-2-10-12(13(20)21)16-17-18(10)7-11(19)15-9-5-3-4-8(14)6-9/h3-6H,2,7H2,1H3,(H,15,19)(H,20,21). The van der Waals surface area contributed by atoms with Gasteiger partial charge in [0.25, 0.3) is 0 Å². The highest BCUT2D eigenvalue weighted by atomic mass is 127. The van der Waals surface area contributed by atoms with E-state index in [1.54, 1.807) is 13.0 Å². The van der Waals surface area contributed by atoms with Crippen LogP contribution in [0.2, 0.25) is 0 Å². The van der Waals surface area contributed by atoms with E-state index >= 15 is 0 Å². The van der Waals surface area contributed by atoms with E-state index in [1.165, 1.54) is 4.68 Å². The van der Waals surface area contributed by atoms with Crippen molar-refractivity contribution >= 4 is 40.2 Å². The van der Waals surface area contributed by atoms with Gasteiger partial charge in [0.05, 0.1) is 5.69 Å². The largest absolute Gasteiger partial charge is 0.476 e. The molecule has 0 unspecified atom stereocenters. The van der Waals surface area contributed by atoms with Gasteiger partial charge in [-0.1, -0.05) is 18.2 Å². The van der Waals surface area contributed by atoms with Crippen LogP contribution in [0.3, 0.4) is 0 Å². The fraction of sp³-hybridized carbons (Fsp3) is 0.231. The van der Waals surface area contributed by atoms with Crippen molar-refractivity contribution in [1.29, 1.82) is 0 Å². The van der Waals surface area contributed by atoms with E-state index < -0.39 is 5.97 Å². The summed E-state index contributed by atoms with van der Waals surface area (Å²) >= 11 is 2.15. The molecule has 8 heteroatoms. The molecule has 0 aliphatic rings. The Balaban J connectivity index is 2.11. The van der Waals surface area contributed by atoms with Gasteiger partial charge in [-0.05, 0) is 47.2 Å². The highest BCUT2D eigenvalue weighted by molar-refractivity contribution is 14.1. The minimum absolute atomic E-state index is 0.0745. The van der Waals surface area contributed by atoms with Crippen LogP contribution in [0.25, 0.3) is 0 Å². The summed E-state index contributed by atoms with van der Waals surface area (Å²) in [7, 11) is 0. The number of benzene rings is 1. The molecule has 21 heavy (non-hydrogen) atoms. The van der Waals surface area contributed by atoms with Crippen molar-refractivity contribution in [2.24, 2.45) is 0 Å². The Hall–Kier alpha value is -1.97. The number of nitrogens with one attached hydrogen (secondary N) is 1. The van der Waals surface area contributed by atoms with E-state index in [2.05, 4.69) is 38.2 Å². The molecule has 0 aliphatic carbocycles. The van der Waals surface area contributed by atoms with E-state index in [4.69, 9.17) is 5.11 Å². The third-order valence-electron chi connectivity index (χ3n) is 2.78. The van der Waals surface area contributed by atoms with E-state index in [9.17, 15) is 9.59 Å². The number of aromatic nitrogens is 3. The SMILES string of the molecule is CCc1c(C(=O)O)nnn1CC(=O)Nc1cccc(I)c1. The lowest BCUT2D eigenvalue weighted by Gasteiger charge is -2.07. The van der Waals surface area contributed by atoms with Gasteiger partial charge in [0, 0.05) is 9.26 Å². The van der Waals surface area contributed by atoms with Gasteiger partial charge in [-0.3, -0.25) is 4.79 Å². The number of halogens is 1. The van der Waals surface area contributed by atoms with Crippen LogP contribution in [-0.4, -0.2) is 32.0 Å². The second-order valence-electron chi connectivity index (χ2n) is 4.26. The van der Waals surface area contributed by atoms with Gasteiger partial charge in [0.1, 0.15) is 6.54 Å². The van der Waals surface area contributed by atoms with E-state index in [1.807, 2.05) is 18.2 Å². The van der Waals surface area contributed by atoms with Gasteiger partial charge in [-0.15, -0.1) is 5.10 Å². The zero-order valence-corrected chi connectivity index (χ0v) is 13.4. The van der Waals surface area contributed by atoms with Gasteiger partial charge in [-0.25, -0.2) is 9.48 Å². The van der Waals surface area contributed by atoms with Crippen molar-refractivity contribution < 1.29 is 14.7 Å². The molecule has 0 spiro atoms. The van der Waals surface area contributed by atoms with Crippen molar-refractivity contribution in [2.75, 3.05) is 5.32 Å². The van der Waals surface area contributed by atoms with Crippen LogP contribution >= 0.6 is 22.6 Å². The first-order valence-corrected chi connectivity index (χ1v) is 7.30. The average molecular weight is 400 g/mol. The topological polar surface area (TPSA) is 97.1 Å². The number of anilines is 1. The van der Waals surface area contributed by atoms with Crippen molar-refractivity contribution in [2.45, 2.75) is 19.9 Å². The van der Waals surface area contributed by atoms with Crippen LogP contribution in [0.15, 0.2) is 24.3 Å². The number of carboxylic acids is 1. The molecule has 0 saturated heterocycles. The maximum atomic E-state index is 12.0. The van der Waals surface area contributed by atoms with E-state index in [0.717, 1.165) is 3.57 Å². The molecule has 0 saturated carbocycles.